The average Bonchev–Trinajstić information content (AvgIpc) is 3.96. The molecule has 0 heterocycles. The minimum Gasteiger partial charge on any atom is -1.00 e. The molecule has 54 heavy (non-hydrogen) atoms. The van der Waals surface area contributed by atoms with Gasteiger partial charge in [0.2, 0.25) is 0 Å². The van der Waals surface area contributed by atoms with Crippen LogP contribution in [0.2, 0.25) is 0 Å². The molecule has 0 amide bonds. The molecule has 0 aliphatic heterocycles. The Morgan fingerprint density at radius 1 is 0.370 bits per heavy atom. The predicted molar refractivity (Wildman–Crippen MR) is 228 cm³/mol. The fourth-order valence-corrected chi connectivity index (χ4v) is 6.09. The third-order valence-corrected chi connectivity index (χ3v) is 8.61. The molecule has 0 saturated carbocycles. The van der Waals surface area contributed by atoms with Crippen molar-refractivity contribution < 1.29 is 73.3 Å². The SMILES string of the molecule is CCc1c[cH-]c2ccccc12.CCc1c[cH-]c2ccccc12.CCc1c[cH-]c2ccccc12.CCc1c[cH-]c2ccccc12.C[C](C)=[Zr+2].C[C](C)=[Zr+2].[Cl-].[Cl-]. The quantitative estimate of drug-likeness (QED) is 0.157. The van der Waals surface area contributed by atoms with Crippen LogP contribution in [0.1, 0.15) is 77.6 Å². The second kappa shape index (κ2) is 27.1. The van der Waals surface area contributed by atoms with Gasteiger partial charge in [0.05, 0.1) is 0 Å². The van der Waals surface area contributed by atoms with E-state index in [9.17, 15) is 0 Å². The minimum absolute atomic E-state index is 0. The molecule has 0 saturated heterocycles. The van der Waals surface area contributed by atoms with Crippen molar-refractivity contribution in [3.05, 3.63) is 168 Å². The number of benzene rings is 4. The molecule has 8 rings (SSSR count). The third-order valence-electron chi connectivity index (χ3n) is 8.61. The normalized spacial score (nSPS) is 9.70. The number of hydrogen-bond acceptors (Lipinski definition) is 0. The van der Waals surface area contributed by atoms with Gasteiger partial charge in [-0.15, -0.1) is 164 Å². The number of fused-ring (bicyclic) bond motifs is 4. The van der Waals surface area contributed by atoms with Gasteiger partial charge in [-0.3, -0.25) is 0 Å². The van der Waals surface area contributed by atoms with Crippen molar-refractivity contribution in [1.29, 1.82) is 0 Å². The minimum atomic E-state index is 0. The summed E-state index contributed by atoms with van der Waals surface area (Å²) in [7, 11) is 0. The van der Waals surface area contributed by atoms with Crippen LogP contribution in [-0.2, 0) is 74.2 Å². The molecule has 0 atom stereocenters. The first-order valence-corrected chi connectivity index (χ1v) is 21.2. The van der Waals surface area contributed by atoms with Crippen LogP contribution in [-0.4, -0.2) is 6.41 Å². The Kier molecular flexibility index (Phi) is 24.8. The van der Waals surface area contributed by atoms with E-state index in [1.165, 1.54) is 71.8 Å². The topological polar surface area (TPSA) is 0 Å². The molecule has 0 bridgehead atoms. The molecule has 0 nitrogen and oxygen atoms in total. The van der Waals surface area contributed by atoms with Crippen molar-refractivity contribution >= 4 is 49.5 Å². The van der Waals surface area contributed by atoms with E-state index in [1.807, 2.05) is 0 Å². The number of aryl methyl sites for hydroxylation is 4. The van der Waals surface area contributed by atoms with E-state index < -0.39 is 0 Å². The van der Waals surface area contributed by atoms with E-state index in [0.717, 1.165) is 25.7 Å². The van der Waals surface area contributed by atoms with Crippen LogP contribution in [0.15, 0.2) is 146 Å². The zero-order chi connectivity index (χ0) is 37.9. The molecule has 0 aliphatic rings. The largest absolute Gasteiger partial charge is 1.00 e. The Hall–Kier alpha value is -2.59. The molecule has 0 radical (unpaired) electrons. The number of rotatable bonds is 4. The maximum atomic E-state index is 2.21. The molecule has 8 aromatic rings. The van der Waals surface area contributed by atoms with Gasteiger partial charge >= 0.3 is 82.6 Å². The van der Waals surface area contributed by atoms with Gasteiger partial charge in [-0.25, -0.2) is 0 Å². The standard InChI is InChI=1S/4C11H11.2C3H6.2ClH.2Zr/c4*1-2-9-7-8-10-5-3-4-6-11(9)10;2*1-3-2;;;;/h4*3-8H,2H2,1H3;2*1-2H3;2*1H;;/q4*-1;;;;;2*+2/p-2. The van der Waals surface area contributed by atoms with Crippen LogP contribution in [0.3, 0.4) is 0 Å². The van der Waals surface area contributed by atoms with Gasteiger partial charge in [0.1, 0.15) is 0 Å². The van der Waals surface area contributed by atoms with Gasteiger partial charge in [0, 0.05) is 0 Å². The molecule has 4 heteroatoms. The van der Waals surface area contributed by atoms with E-state index in [0.29, 0.717) is 0 Å². The summed E-state index contributed by atoms with van der Waals surface area (Å²) < 4.78 is 3.01. The summed E-state index contributed by atoms with van der Waals surface area (Å²) in [5.41, 5.74) is 5.84. The molecule has 0 unspecified atom stereocenters. The Morgan fingerprint density at radius 2 is 0.537 bits per heavy atom. The maximum absolute atomic E-state index is 2.21. The molecule has 0 spiro atoms. The predicted octanol–water partition coefficient (Wildman–Crippen LogP) is 7.98. The second-order valence-electron chi connectivity index (χ2n) is 13.2. The van der Waals surface area contributed by atoms with E-state index in [4.69, 9.17) is 0 Å². The summed E-state index contributed by atoms with van der Waals surface area (Å²) >= 11 is 3.11. The van der Waals surface area contributed by atoms with Crippen LogP contribution in [0.4, 0.5) is 0 Å². The van der Waals surface area contributed by atoms with Crippen LogP contribution < -0.4 is 24.8 Å². The van der Waals surface area contributed by atoms with Crippen LogP contribution in [0.5, 0.6) is 0 Å². The molecule has 0 aromatic heterocycles. The molecule has 8 aromatic carbocycles. The van der Waals surface area contributed by atoms with E-state index in [1.54, 1.807) is 48.5 Å². The van der Waals surface area contributed by atoms with Gasteiger partial charge in [0.25, 0.3) is 0 Å². The first kappa shape index (κ1) is 49.4. The van der Waals surface area contributed by atoms with Crippen molar-refractivity contribution in [3.63, 3.8) is 0 Å². The van der Waals surface area contributed by atoms with Gasteiger partial charge in [-0.2, -0.15) is 22.3 Å². The summed E-state index contributed by atoms with van der Waals surface area (Å²) in [6.45, 7) is 17.3. The molecule has 0 fully saturated rings. The summed E-state index contributed by atoms with van der Waals surface area (Å²) in [5, 5.41) is 11.1. The first-order chi connectivity index (χ1) is 25.1. The molecule has 0 aliphatic carbocycles. The van der Waals surface area contributed by atoms with Crippen molar-refractivity contribution in [2.24, 2.45) is 0 Å². The molecule has 0 N–H and O–H groups in total. The van der Waals surface area contributed by atoms with Crippen molar-refractivity contribution in [3.8, 4) is 0 Å². The Balaban J connectivity index is 0.000000334. The van der Waals surface area contributed by atoms with E-state index in [2.05, 4.69) is 201 Å². The van der Waals surface area contributed by atoms with Crippen molar-refractivity contribution in [1.82, 2.24) is 0 Å². The van der Waals surface area contributed by atoms with Gasteiger partial charge < -0.3 is 24.8 Å². The summed E-state index contributed by atoms with van der Waals surface area (Å²) in [6.07, 6.45) is 4.53. The Labute approximate surface area is 368 Å². The molecule has 280 valence electrons. The van der Waals surface area contributed by atoms with Crippen LogP contribution >= 0.6 is 0 Å². The summed E-state index contributed by atoms with van der Waals surface area (Å²) in [5.74, 6) is 0. The number of hydrogen-bond donors (Lipinski definition) is 0. The summed E-state index contributed by atoms with van der Waals surface area (Å²) in [6, 6.07) is 51.7. The van der Waals surface area contributed by atoms with Gasteiger partial charge in [-0.05, 0) is 0 Å². The third kappa shape index (κ3) is 15.9. The average molecular weight is 910 g/mol. The van der Waals surface area contributed by atoms with E-state index in [-0.39, 0.29) is 24.8 Å². The number of halogens is 2. The Morgan fingerprint density at radius 3 is 0.704 bits per heavy atom. The fourth-order valence-electron chi connectivity index (χ4n) is 6.09. The van der Waals surface area contributed by atoms with Crippen LogP contribution in [0.25, 0.3) is 43.1 Å². The smallest absolute Gasteiger partial charge is 1.00 e. The fraction of sp³-hybridized carbons (Fsp3) is 0.240. The van der Waals surface area contributed by atoms with Crippen molar-refractivity contribution in [2.45, 2.75) is 81.1 Å². The van der Waals surface area contributed by atoms with Crippen molar-refractivity contribution in [2.75, 3.05) is 0 Å². The zero-order valence-corrected chi connectivity index (χ0v) is 39.9. The van der Waals surface area contributed by atoms with Gasteiger partial charge in [0.15, 0.2) is 0 Å². The Bertz CT molecular complexity index is 1920. The van der Waals surface area contributed by atoms with Gasteiger partial charge in [-0.1, -0.05) is 77.6 Å². The second-order valence-corrected chi connectivity index (χ2v) is 18.1. The first-order valence-electron chi connectivity index (χ1n) is 18.7. The van der Waals surface area contributed by atoms with Crippen LogP contribution in [0, 0.1) is 0 Å². The monoisotopic (exact) mass is 906 g/mol. The maximum Gasteiger partial charge on any atom is -1.00 e. The zero-order valence-electron chi connectivity index (χ0n) is 33.4. The molecular formula is C50H56Cl2Zr2-2. The molecular weight excluding hydrogens is 854 g/mol. The van der Waals surface area contributed by atoms with E-state index >= 15 is 0 Å². The summed E-state index contributed by atoms with van der Waals surface area (Å²) in [4.78, 5) is 0.